The second-order valence-electron chi connectivity index (χ2n) is 6.71. The fraction of sp³-hybridized carbons (Fsp3) is 0.0833. The first-order valence-corrected chi connectivity index (χ1v) is 9.30. The number of aryl methyl sites for hydroxylation is 1. The molecule has 0 saturated heterocycles. The normalized spacial score (nSPS) is 11.1. The van der Waals surface area contributed by atoms with Crippen LogP contribution in [0.1, 0.15) is 21.6 Å². The number of benzene rings is 3. The molecule has 1 aromatic heterocycles. The molecule has 0 aliphatic rings. The Labute approximate surface area is 169 Å². The molecule has 0 atom stereocenters. The summed E-state index contributed by atoms with van der Waals surface area (Å²) in [6, 6.07) is 23.3. The van der Waals surface area contributed by atoms with E-state index in [1.54, 1.807) is 19.4 Å². The molecule has 1 amide bonds. The Morgan fingerprint density at radius 2 is 1.79 bits per heavy atom. The summed E-state index contributed by atoms with van der Waals surface area (Å²) >= 11 is 0. The zero-order chi connectivity index (χ0) is 20.2. The van der Waals surface area contributed by atoms with E-state index in [9.17, 15) is 4.79 Å². The third-order valence-electron chi connectivity index (χ3n) is 4.80. The number of aromatic nitrogens is 1. The number of hydrazone groups is 1. The van der Waals surface area contributed by atoms with Gasteiger partial charge in [0.2, 0.25) is 0 Å². The van der Waals surface area contributed by atoms with Crippen LogP contribution >= 0.6 is 0 Å². The van der Waals surface area contributed by atoms with Crippen LogP contribution in [0.3, 0.4) is 0 Å². The lowest BCUT2D eigenvalue weighted by molar-refractivity contribution is 0.0957. The second kappa shape index (κ2) is 8.02. The number of nitrogens with one attached hydrogen (secondary N) is 1. The van der Waals surface area contributed by atoms with E-state index < -0.39 is 0 Å². The molecule has 29 heavy (non-hydrogen) atoms. The van der Waals surface area contributed by atoms with Gasteiger partial charge in [-0.2, -0.15) is 5.10 Å². The van der Waals surface area contributed by atoms with Crippen LogP contribution in [0, 0.1) is 6.92 Å². The number of methoxy groups -OCH3 is 1. The van der Waals surface area contributed by atoms with E-state index in [0.717, 1.165) is 33.5 Å². The van der Waals surface area contributed by atoms with Crippen molar-refractivity contribution in [2.75, 3.05) is 7.11 Å². The molecule has 0 unspecified atom stereocenters. The zero-order valence-electron chi connectivity index (χ0n) is 16.3. The minimum Gasteiger partial charge on any atom is -0.497 e. The van der Waals surface area contributed by atoms with Crippen molar-refractivity contribution in [1.29, 1.82) is 0 Å². The maximum absolute atomic E-state index is 12.6. The Morgan fingerprint density at radius 3 is 2.59 bits per heavy atom. The molecule has 0 fully saturated rings. The van der Waals surface area contributed by atoms with Gasteiger partial charge in [-0.25, -0.2) is 5.43 Å². The summed E-state index contributed by atoms with van der Waals surface area (Å²) in [4.78, 5) is 12.6. The number of fused-ring (bicyclic) bond motifs is 1. The van der Waals surface area contributed by atoms with Crippen molar-refractivity contribution in [3.8, 4) is 11.4 Å². The monoisotopic (exact) mass is 383 g/mol. The Balaban J connectivity index is 1.50. The van der Waals surface area contributed by atoms with Gasteiger partial charge in [-0.05, 0) is 54.1 Å². The number of ether oxygens (including phenoxy) is 1. The van der Waals surface area contributed by atoms with Gasteiger partial charge in [-0.1, -0.05) is 36.4 Å². The van der Waals surface area contributed by atoms with Crippen LogP contribution in [0.4, 0.5) is 0 Å². The number of carbonyl (C=O) groups excluding carboxylic acids is 1. The highest BCUT2D eigenvalue weighted by Gasteiger charge is 2.08. The van der Waals surface area contributed by atoms with Gasteiger partial charge in [0, 0.05) is 28.7 Å². The summed E-state index contributed by atoms with van der Waals surface area (Å²) in [5, 5.41) is 6.07. The van der Waals surface area contributed by atoms with Gasteiger partial charge in [0.05, 0.1) is 13.3 Å². The SMILES string of the molecule is COc1ccc(-n2cc(/C=N\NC(=O)c3cccc4ccccc34)cc2C)cc1. The molecule has 0 radical (unpaired) electrons. The zero-order valence-corrected chi connectivity index (χ0v) is 16.3. The number of hydrogen-bond donors (Lipinski definition) is 1. The summed E-state index contributed by atoms with van der Waals surface area (Å²) in [5.41, 5.74) is 6.23. The van der Waals surface area contributed by atoms with E-state index in [1.807, 2.05) is 79.9 Å². The largest absolute Gasteiger partial charge is 0.497 e. The fourth-order valence-electron chi connectivity index (χ4n) is 3.34. The summed E-state index contributed by atoms with van der Waals surface area (Å²) in [6.45, 7) is 2.02. The average molecular weight is 383 g/mol. The lowest BCUT2D eigenvalue weighted by Crippen LogP contribution is -2.17. The number of hydrogen-bond acceptors (Lipinski definition) is 3. The molecule has 0 bridgehead atoms. The lowest BCUT2D eigenvalue weighted by atomic mass is 10.0. The molecule has 5 nitrogen and oxygen atoms in total. The van der Waals surface area contributed by atoms with Crippen molar-refractivity contribution < 1.29 is 9.53 Å². The topological polar surface area (TPSA) is 55.6 Å². The van der Waals surface area contributed by atoms with Crippen molar-refractivity contribution in [1.82, 2.24) is 9.99 Å². The van der Waals surface area contributed by atoms with E-state index in [2.05, 4.69) is 15.1 Å². The standard InChI is InChI=1S/C24H21N3O2/c1-17-14-18(16-27(17)20-10-12-21(29-2)13-11-20)15-25-26-24(28)23-9-5-7-19-6-3-4-8-22(19)23/h3-16H,1-2H3,(H,26,28)/b25-15-. The highest BCUT2D eigenvalue weighted by Crippen LogP contribution is 2.19. The maximum atomic E-state index is 12.6. The third kappa shape index (κ3) is 3.89. The van der Waals surface area contributed by atoms with Crippen LogP contribution in [0.25, 0.3) is 16.5 Å². The minimum absolute atomic E-state index is 0.232. The van der Waals surface area contributed by atoms with Gasteiger partial charge in [-0.15, -0.1) is 0 Å². The van der Waals surface area contributed by atoms with Crippen molar-refractivity contribution in [2.24, 2.45) is 5.10 Å². The highest BCUT2D eigenvalue weighted by atomic mass is 16.5. The molecule has 144 valence electrons. The molecule has 0 saturated carbocycles. The van der Waals surface area contributed by atoms with Crippen LogP contribution in [0.2, 0.25) is 0 Å². The minimum atomic E-state index is -0.232. The van der Waals surface area contributed by atoms with E-state index in [-0.39, 0.29) is 5.91 Å². The molecule has 3 aromatic carbocycles. The summed E-state index contributed by atoms with van der Waals surface area (Å²) in [6.07, 6.45) is 3.63. The molecule has 1 heterocycles. The Kier molecular flexibility index (Phi) is 5.12. The third-order valence-corrected chi connectivity index (χ3v) is 4.80. The van der Waals surface area contributed by atoms with Crippen molar-refractivity contribution in [2.45, 2.75) is 6.92 Å². The molecular formula is C24H21N3O2. The van der Waals surface area contributed by atoms with Crippen LogP contribution in [-0.2, 0) is 0 Å². The predicted molar refractivity (Wildman–Crippen MR) is 116 cm³/mol. The number of nitrogens with zero attached hydrogens (tertiary/aromatic N) is 2. The van der Waals surface area contributed by atoms with E-state index in [0.29, 0.717) is 5.56 Å². The number of carbonyl (C=O) groups is 1. The van der Waals surface area contributed by atoms with Crippen LogP contribution in [0.15, 0.2) is 84.1 Å². The number of rotatable bonds is 5. The first-order chi connectivity index (χ1) is 14.2. The fourth-order valence-corrected chi connectivity index (χ4v) is 3.34. The lowest BCUT2D eigenvalue weighted by Gasteiger charge is -2.06. The molecule has 5 heteroatoms. The molecule has 4 aromatic rings. The first kappa shape index (κ1) is 18.5. The van der Waals surface area contributed by atoms with E-state index in [4.69, 9.17) is 4.74 Å². The van der Waals surface area contributed by atoms with Crippen LogP contribution in [-0.4, -0.2) is 23.8 Å². The Bertz CT molecular complexity index is 1190. The van der Waals surface area contributed by atoms with E-state index in [1.165, 1.54) is 0 Å². The van der Waals surface area contributed by atoms with Gasteiger partial charge in [0.25, 0.3) is 5.91 Å². The van der Waals surface area contributed by atoms with Crippen LogP contribution < -0.4 is 10.2 Å². The van der Waals surface area contributed by atoms with Crippen molar-refractivity contribution in [3.63, 3.8) is 0 Å². The molecule has 0 aliphatic carbocycles. The Morgan fingerprint density at radius 1 is 1.03 bits per heavy atom. The number of amides is 1. The van der Waals surface area contributed by atoms with Gasteiger partial charge in [0.15, 0.2) is 0 Å². The molecule has 0 spiro atoms. The van der Waals surface area contributed by atoms with Gasteiger partial charge < -0.3 is 9.30 Å². The quantitative estimate of drug-likeness (QED) is 0.401. The van der Waals surface area contributed by atoms with Gasteiger partial charge >= 0.3 is 0 Å². The van der Waals surface area contributed by atoms with Crippen LogP contribution in [0.5, 0.6) is 5.75 Å². The molecule has 4 rings (SSSR count). The smallest absolute Gasteiger partial charge is 0.271 e. The molecular weight excluding hydrogens is 362 g/mol. The van der Waals surface area contributed by atoms with Crippen molar-refractivity contribution >= 4 is 22.9 Å². The van der Waals surface area contributed by atoms with Gasteiger partial charge in [-0.3, -0.25) is 4.79 Å². The average Bonchev–Trinajstić information content (AvgIpc) is 3.13. The highest BCUT2D eigenvalue weighted by molar-refractivity contribution is 6.07. The Hall–Kier alpha value is -3.86. The predicted octanol–water partition coefficient (Wildman–Crippen LogP) is 4.71. The maximum Gasteiger partial charge on any atom is 0.271 e. The van der Waals surface area contributed by atoms with E-state index >= 15 is 0 Å². The van der Waals surface area contributed by atoms with Gasteiger partial charge in [0.1, 0.15) is 5.75 Å². The summed E-state index contributed by atoms with van der Waals surface area (Å²) in [7, 11) is 1.65. The van der Waals surface area contributed by atoms with Crippen molar-refractivity contribution in [3.05, 3.63) is 95.8 Å². The summed E-state index contributed by atoms with van der Waals surface area (Å²) < 4.78 is 7.27. The molecule has 0 aliphatic heterocycles. The second-order valence-corrected chi connectivity index (χ2v) is 6.71. The first-order valence-electron chi connectivity index (χ1n) is 9.30. The summed E-state index contributed by atoms with van der Waals surface area (Å²) in [5.74, 6) is 0.584. The molecule has 1 N–H and O–H groups in total.